The maximum Gasteiger partial charge on any atom is 0.167 e. The number of methoxy groups -OCH3 is 1. The van der Waals surface area contributed by atoms with Crippen molar-refractivity contribution in [3.8, 4) is 5.75 Å². The van der Waals surface area contributed by atoms with Crippen LogP contribution in [0.4, 0.5) is 5.69 Å². The van der Waals surface area contributed by atoms with Crippen molar-refractivity contribution in [3.05, 3.63) is 18.3 Å². The minimum Gasteiger partial charge on any atom is -0.492 e. The molecule has 16 heavy (non-hydrogen) atoms. The summed E-state index contributed by atoms with van der Waals surface area (Å²) < 4.78 is 7.25. The van der Waals surface area contributed by atoms with E-state index in [9.17, 15) is 0 Å². The van der Waals surface area contributed by atoms with Crippen molar-refractivity contribution in [3.63, 3.8) is 0 Å². The summed E-state index contributed by atoms with van der Waals surface area (Å²) in [6, 6.07) is 3.81. The van der Waals surface area contributed by atoms with Crippen LogP contribution in [0.5, 0.6) is 5.75 Å². The number of anilines is 1. The van der Waals surface area contributed by atoms with E-state index in [0.29, 0.717) is 5.69 Å². The van der Waals surface area contributed by atoms with Crippen LogP contribution in [0.1, 0.15) is 13.3 Å². The zero-order valence-corrected chi connectivity index (χ0v) is 10.3. The van der Waals surface area contributed by atoms with Gasteiger partial charge in [-0.2, -0.15) is 5.10 Å². The molecular weight excluding hydrogens is 226 g/mol. The Morgan fingerprint density at radius 3 is 2.81 bits per heavy atom. The number of nitrogens with zero attached hydrogens (tertiary/aromatic N) is 2. The van der Waals surface area contributed by atoms with Gasteiger partial charge in [-0.1, -0.05) is 6.92 Å². The number of halogens is 1. The van der Waals surface area contributed by atoms with Gasteiger partial charge in [-0.15, -0.1) is 12.4 Å². The number of nitrogens with two attached hydrogens (primary N) is 1. The highest BCUT2D eigenvalue weighted by molar-refractivity contribution is 5.89. The van der Waals surface area contributed by atoms with Gasteiger partial charge in [-0.25, -0.2) is 0 Å². The van der Waals surface area contributed by atoms with E-state index in [1.165, 1.54) is 0 Å². The van der Waals surface area contributed by atoms with Crippen molar-refractivity contribution in [1.82, 2.24) is 9.78 Å². The van der Waals surface area contributed by atoms with E-state index in [1.807, 2.05) is 23.0 Å². The predicted molar refractivity (Wildman–Crippen MR) is 68.2 cm³/mol. The lowest BCUT2D eigenvalue weighted by Gasteiger charge is -2.08. The minimum absolute atomic E-state index is 0. The molecule has 0 amide bonds. The summed E-state index contributed by atoms with van der Waals surface area (Å²) >= 11 is 0. The van der Waals surface area contributed by atoms with Crippen LogP contribution in [0, 0.1) is 0 Å². The Morgan fingerprint density at radius 2 is 2.19 bits per heavy atom. The number of aryl methyl sites for hydroxylation is 1. The fraction of sp³-hybridized carbons (Fsp3) is 0.364. The molecule has 0 unspecified atom stereocenters. The van der Waals surface area contributed by atoms with E-state index >= 15 is 0 Å². The lowest BCUT2D eigenvalue weighted by molar-refractivity contribution is 0.418. The van der Waals surface area contributed by atoms with Gasteiger partial charge in [0.2, 0.25) is 0 Å². The second-order valence-electron chi connectivity index (χ2n) is 3.49. The summed E-state index contributed by atoms with van der Waals surface area (Å²) in [7, 11) is 1.63. The van der Waals surface area contributed by atoms with Gasteiger partial charge in [-0.05, 0) is 18.6 Å². The van der Waals surface area contributed by atoms with Crippen molar-refractivity contribution in [2.24, 2.45) is 0 Å². The predicted octanol–water partition coefficient (Wildman–Crippen LogP) is 2.46. The fourth-order valence-electron chi connectivity index (χ4n) is 1.76. The molecular formula is C11H16ClN3O. The van der Waals surface area contributed by atoms with Crippen molar-refractivity contribution >= 4 is 29.0 Å². The van der Waals surface area contributed by atoms with Crippen molar-refractivity contribution in [2.45, 2.75) is 19.9 Å². The SMILES string of the molecule is CCCn1ncc2ccc(N)c(OC)c21.Cl. The number of ether oxygens (including phenoxy) is 1. The molecule has 0 radical (unpaired) electrons. The highest BCUT2D eigenvalue weighted by Gasteiger charge is 2.10. The highest BCUT2D eigenvalue weighted by atomic mass is 35.5. The molecule has 2 aromatic rings. The highest BCUT2D eigenvalue weighted by Crippen LogP contribution is 2.31. The zero-order valence-electron chi connectivity index (χ0n) is 9.43. The average molecular weight is 242 g/mol. The number of hydrogen-bond acceptors (Lipinski definition) is 3. The van der Waals surface area contributed by atoms with Crippen molar-refractivity contribution < 1.29 is 4.74 Å². The number of benzene rings is 1. The molecule has 0 aliphatic rings. The molecule has 5 heteroatoms. The van der Waals surface area contributed by atoms with E-state index in [-0.39, 0.29) is 12.4 Å². The molecule has 0 atom stereocenters. The van der Waals surface area contributed by atoms with Crippen molar-refractivity contribution in [1.29, 1.82) is 0 Å². The Morgan fingerprint density at radius 1 is 1.44 bits per heavy atom. The smallest absolute Gasteiger partial charge is 0.167 e. The first-order valence-corrected chi connectivity index (χ1v) is 5.06. The van der Waals surface area contributed by atoms with Crippen LogP contribution in [0.25, 0.3) is 10.9 Å². The maximum absolute atomic E-state index is 5.86. The summed E-state index contributed by atoms with van der Waals surface area (Å²) in [5, 5.41) is 5.38. The second kappa shape index (κ2) is 5.07. The first kappa shape index (κ1) is 12.6. The number of nitrogen functional groups attached to an aromatic ring is 1. The van der Waals surface area contributed by atoms with Crippen LogP contribution in [0.15, 0.2) is 18.3 Å². The molecule has 4 nitrogen and oxygen atoms in total. The van der Waals surface area contributed by atoms with Gasteiger partial charge in [0.25, 0.3) is 0 Å². The Bertz CT molecular complexity index is 481. The van der Waals surface area contributed by atoms with Crippen LogP contribution in [0.3, 0.4) is 0 Å². The second-order valence-corrected chi connectivity index (χ2v) is 3.49. The van der Waals surface area contributed by atoms with Gasteiger partial charge >= 0.3 is 0 Å². The van der Waals surface area contributed by atoms with E-state index in [2.05, 4.69) is 12.0 Å². The normalized spacial score (nSPS) is 10.1. The molecule has 0 fully saturated rings. The fourth-order valence-corrected chi connectivity index (χ4v) is 1.76. The first-order valence-electron chi connectivity index (χ1n) is 5.06. The number of fused-ring (bicyclic) bond motifs is 1. The van der Waals surface area contributed by atoms with E-state index in [0.717, 1.165) is 29.6 Å². The molecule has 0 saturated carbocycles. The Labute approximate surface area is 101 Å². The minimum atomic E-state index is 0. The van der Waals surface area contributed by atoms with Crippen LogP contribution in [-0.2, 0) is 6.54 Å². The zero-order chi connectivity index (χ0) is 10.8. The molecule has 0 spiro atoms. The van der Waals surface area contributed by atoms with Gasteiger partial charge in [0.15, 0.2) is 5.75 Å². The van der Waals surface area contributed by atoms with Gasteiger partial charge < -0.3 is 10.5 Å². The third-order valence-electron chi connectivity index (χ3n) is 2.43. The molecule has 0 saturated heterocycles. The van der Waals surface area contributed by atoms with Gasteiger partial charge in [0, 0.05) is 11.9 Å². The van der Waals surface area contributed by atoms with E-state index in [1.54, 1.807) is 7.11 Å². The van der Waals surface area contributed by atoms with Crippen molar-refractivity contribution in [2.75, 3.05) is 12.8 Å². The number of rotatable bonds is 3. The monoisotopic (exact) mass is 241 g/mol. The molecule has 0 bridgehead atoms. The molecule has 1 aromatic carbocycles. The lowest BCUT2D eigenvalue weighted by atomic mass is 10.2. The Hall–Kier alpha value is -1.42. The third kappa shape index (κ3) is 1.93. The van der Waals surface area contributed by atoms with Crippen LogP contribution in [0.2, 0.25) is 0 Å². The molecule has 0 aliphatic heterocycles. The Balaban J connectivity index is 0.00000128. The summed E-state index contributed by atoms with van der Waals surface area (Å²) in [6.45, 7) is 3.00. The standard InChI is InChI=1S/C11H15N3O.ClH/c1-3-6-14-10-8(7-13-14)4-5-9(12)11(10)15-2;/h4-5,7H,3,6,12H2,1-2H3;1H. The summed E-state index contributed by atoms with van der Waals surface area (Å²) in [4.78, 5) is 0. The van der Waals surface area contributed by atoms with Gasteiger partial charge in [0.05, 0.1) is 19.0 Å². The maximum atomic E-state index is 5.86. The largest absolute Gasteiger partial charge is 0.492 e. The van der Waals surface area contributed by atoms with Crippen LogP contribution < -0.4 is 10.5 Å². The molecule has 2 N–H and O–H groups in total. The van der Waals surface area contributed by atoms with Gasteiger partial charge in [-0.3, -0.25) is 4.68 Å². The lowest BCUT2D eigenvalue weighted by Crippen LogP contribution is -2.01. The van der Waals surface area contributed by atoms with Crippen LogP contribution >= 0.6 is 12.4 Å². The Kier molecular flexibility index (Phi) is 4.01. The van der Waals surface area contributed by atoms with E-state index < -0.39 is 0 Å². The van der Waals surface area contributed by atoms with E-state index in [4.69, 9.17) is 10.5 Å². The topological polar surface area (TPSA) is 53.1 Å². The quantitative estimate of drug-likeness (QED) is 0.840. The number of aromatic nitrogens is 2. The summed E-state index contributed by atoms with van der Waals surface area (Å²) in [6.07, 6.45) is 2.88. The number of hydrogen-bond donors (Lipinski definition) is 1. The summed E-state index contributed by atoms with van der Waals surface area (Å²) in [5.41, 5.74) is 7.50. The molecule has 0 aliphatic carbocycles. The third-order valence-corrected chi connectivity index (χ3v) is 2.43. The molecule has 2 rings (SSSR count). The first-order chi connectivity index (χ1) is 7.27. The molecule has 1 aromatic heterocycles. The molecule has 1 heterocycles. The van der Waals surface area contributed by atoms with Crippen LogP contribution in [-0.4, -0.2) is 16.9 Å². The van der Waals surface area contributed by atoms with Gasteiger partial charge in [0.1, 0.15) is 5.52 Å². The average Bonchev–Trinajstić information content (AvgIpc) is 2.63. The summed E-state index contributed by atoms with van der Waals surface area (Å²) in [5.74, 6) is 0.721. The molecule has 88 valence electrons.